The maximum Gasteiger partial charge on any atom is 0.261 e. The topological polar surface area (TPSA) is 104 Å². The van der Waals surface area contributed by atoms with Gasteiger partial charge in [0.15, 0.2) is 0 Å². The van der Waals surface area contributed by atoms with Gasteiger partial charge in [0, 0.05) is 21.8 Å². The molecule has 2 amide bonds. The molecule has 0 spiro atoms. The number of hydrogen-bond acceptors (Lipinski definition) is 5. The Kier molecular flexibility index (Phi) is 5.94. The number of thioether (sulfide) groups is 1. The molecule has 7 nitrogen and oxygen atoms in total. The molecule has 164 valence electrons. The smallest absolute Gasteiger partial charge is 0.261 e. The van der Waals surface area contributed by atoms with Crippen molar-refractivity contribution in [1.82, 2.24) is 0 Å². The zero-order valence-corrected chi connectivity index (χ0v) is 19.0. The van der Waals surface area contributed by atoms with Crippen LogP contribution in [0.15, 0.2) is 76.5 Å². The average molecular weight is 468 g/mol. The van der Waals surface area contributed by atoms with Crippen molar-refractivity contribution >= 4 is 50.7 Å². The van der Waals surface area contributed by atoms with Gasteiger partial charge in [-0.25, -0.2) is 8.42 Å². The van der Waals surface area contributed by atoms with Crippen LogP contribution >= 0.6 is 11.8 Å². The first kappa shape index (κ1) is 21.9. The normalized spacial score (nSPS) is 15.4. The minimum absolute atomic E-state index is 0.0277. The number of aryl methyl sites for hydroxylation is 1. The molecule has 1 aliphatic rings. The maximum absolute atomic E-state index is 12.8. The molecule has 0 aliphatic carbocycles. The van der Waals surface area contributed by atoms with Crippen molar-refractivity contribution in [3.63, 3.8) is 0 Å². The van der Waals surface area contributed by atoms with Gasteiger partial charge in [0.1, 0.15) is 0 Å². The van der Waals surface area contributed by atoms with Crippen LogP contribution in [-0.4, -0.2) is 25.5 Å². The van der Waals surface area contributed by atoms with Crippen LogP contribution in [0.25, 0.3) is 0 Å². The maximum atomic E-state index is 12.8. The summed E-state index contributed by atoms with van der Waals surface area (Å²) in [5, 5.41) is 5.32. The molecule has 3 aromatic rings. The number of amides is 2. The number of nitrogens with one attached hydrogen (secondary N) is 3. The van der Waals surface area contributed by atoms with Crippen LogP contribution in [0.4, 0.5) is 17.1 Å². The van der Waals surface area contributed by atoms with Crippen molar-refractivity contribution in [1.29, 1.82) is 0 Å². The van der Waals surface area contributed by atoms with Crippen LogP contribution in [-0.2, 0) is 14.8 Å². The summed E-state index contributed by atoms with van der Waals surface area (Å²) in [5.74, 6) is -0.522. The van der Waals surface area contributed by atoms with Gasteiger partial charge in [0.05, 0.1) is 15.8 Å². The predicted molar refractivity (Wildman–Crippen MR) is 127 cm³/mol. The van der Waals surface area contributed by atoms with E-state index in [9.17, 15) is 18.0 Å². The van der Waals surface area contributed by atoms with Gasteiger partial charge in [0.25, 0.3) is 15.9 Å². The predicted octanol–water partition coefficient (Wildman–Crippen LogP) is 4.48. The van der Waals surface area contributed by atoms with Gasteiger partial charge < -0.3 is 10.6 Å². The van der Waals surface area contributed by atoms with Crippen LogP contribution in [0, 0.1) is 6.92 Å². The third-order valence-corrected chi connectivity index (χ3v) is 7.40. The van der Waals surface area contributed by atoms with Crippen LogP contribution in [0.2, 0.25) is 0 Å². The number of anilines is 3. The monoisotopic (exact) mass is 467 g/mol. The van der Waals surface area contributed by atoms with Crippen molar-refractivity contribution in [2.45, 2.75) is 28.9 Å². The Morgan fingerprint density at radius 3 is 2.53 bits per heavy atom. The second kappa shape index (κ2) is 8.68. The zero-order valence-electron chi connectivity index (χ0n) is 17.4. The van der Waals surface area contributed by atoms with E-state index in [-0.39, 0.29) is 16.1 Å². The summed E-state index contributed by atoms with van der Waals surface area (Å²) in [5.41, 5.74) is 2.67. The SMILES string of the molecule is Cc1cccc(NS(=O)(=O)c2cccc(NC(=O)c3ccc4c(c3)NC(=O)C(C)S4)c2)c1. The quantitative estimate of drug-likeness (QED) is 0.513. The van der Waals surface area contributed by atoms with E-state index in [0.717, 1.165) is 10.5 Å². The summed E-state index contributed by atoms with van der Waals surface area (Å²) in [4.78, 5) is 25.6. The highest BCUT2D eigenvalue weighted by atomic mass is 32.2. The third-order valence-electron chi connectivity index (χ3n) is 4.85. The number of fused-ring (bicyclic) bond motifs is 1. The van der Waals surface area contributed by atoms with E-state index < -0.39 is 15.9 Å². The van der Waals surface area contributed by atoms with Crippen molar-refractivity contribution in [2.75, 3.05) is 15.4 Å². The molecule has 0 saturated heterocycles. The standard InChI is InChI=1S/C23H21N3O4S2/c1-14-5-3-7-18(11-14)26-32(29,30)19-8-4-6-17(13-19)24-23(28)16-9-10-21-20(12-16)25-22(27)15(2)31-21/h3-13,15,26H,1-2H3,(H,24,28)(H,25,27). The molecule has 32 heavy (non-hydrogen) atoms. The van der Waals surface area contributed by atoms with Gasteiger partial charge in [-0.1, -0.05) is 18.2 Å². The lowest BCUT2D eigenvalue weighted by Gasteiger charge is -2.21. The molecule has 4 rings (SSSR count). The van der Waals surface area contributed by atoms with Gasteiger partial charge in [-0.2, -0.15) is 0 Å². The minimum Gasteiger partial charge on any atom is -0.324 e. The fourth-order valence-electron chi connectivity index (χ4n) is 3.22. The highest BCUT2D eigenvalue weighted by Crippen LogP contribution is 2.36. The lowest BCUT2D eigenvalue weighted by atomic mass is 10.1. The third kappa shape index (κ3) is 4.79. The number of benzene rings is 3. The van der Waals surface area contributed by atoms with Gasteiger partial charge in [-0.3, -0.25) is 14.3 Å². The van der Waals surface area contributed by atoms with E-state index in [4.69, 9.17) is 0 Å². The molecule has 3 aromatic carbocycles. The van der Waals surface area contributed by atoms with Gasteiger partial charge in [-0.15, -0.1) is 11.8 Å². The van der Waals surface area contributed by atoms with Crippen LogP contribution in [0.3, 0.4) is 0 Å². The molecule has 0 fully saturated rings. The van der Waals surface area contributed by atoms with Crippen molar-refractivity contribution in [3.8, 4) is 0 Å². The number of hydrogen-bond donors (Lipinski definition) is 3. The Morgan fingerprint density at radius 2 is 1.75 bits per heavy atom. The summed E-state index contributed by atoms with van der Waals surface area (Å²) in [7, 11) is -3.83. The molecule has 1 unspecified atom stereocenters. The van der Waals surface area contributed by atoms with E-state index in [1.165, 1.54) is 23.9 Å². The minimum atomic E-state index is -3.83. The van der Waals surface area contributed by atoms with Crippen LogP contribution in [0.1, 0.15) is 22.8 Å². The van der Waals surface area contributed by atoms with E-state index in [0.29, 0.717) is 22.6 Å². The van der Waals surface area contributed by atoms with Crippen LogP contribution < -0.4 is 15.4 Å². The van der Waals surface area contributed by atoms with Crippen molar-refractivity contribution < 1.29 is 18.0 Å². The van der Waals surface area contributed by atoms with Crippen molar-refractivity contribution in [2.24, 2.45) is 0 Å². The largest absolute Gasteiger partial charge is 0.324 e. The van der Waals surface area contributed by atoms with E-state index in [1.807, 2.05) is 19.9 Å². The zero-order chi connectivity index (χ0) is 22.9. The summed E-state index contributed by atoms with van der Waals surface area (Å²) in [6.07, 6.45) is 0. The van der Waals surface area contributed by atoms with Crippen molar-refractivity contribution in [3.05, 3.63) is 77.9 Å². The van der Waals surface area contributed by atoms with Gasteiger partial charge in [-0.05, 0) is 67.9 Å². The Hall–Kier alpha value is -3.30. The molecule has 3 N–H and O–H groups in total. The molecule has 0 aromatic heterocycles. The Bertz CT molecular complexity index is 1320. The van der Waals surface area contributed by atoms with E-state index in [2.05, 4.69) is 15.4 Å². The second-order valence-electron chi connectivity index (χ2n) is 7.42. The first-order valence-electron chi connectivity index (χ1n) is 9.84. The summed E-state index contributed by atoms with van der Waals surface area (Å²) < 4.78 is 28.1. The molecule has 1 aliphatic heterocycles. The summed E-state index contributed by atoms with van der Waals surface area (Å²) >= 11 is 1.43. The molecular formula is C23H21N3O4S2. The first-order chi connectivity index (χ1) is 15.2. The second-order valence-corrected chi connectivity index (χ2v) is 10.5. The van der Waals surface area contributed by atoms with Gasteiger partial charge >= 0.3 is 0 Å². The number of sulfonamides is 1. The van der Waals surface area contributed by atoms with E-state index >= 15 is 0 Å². The Labute approximate surface area is 190 Å². The molecule has 9 heteroatoms. The summed E-state index contributed by atoms with van der Waals surface area (Å²) in [6, 6.07) is 18.1. The van der Waals surface area contributed by atoms with Gasteiger partial charge in [0.2, 0.25) is 5.91 Å². The highest BCUT2D eigenvalue weighted by molar-refractivity contribution is 8.01. The summed E-state index contributed by atoms with van der Waals surface area (Å²) in [6.45, 7) is 3.69. The molecular weight excluding hydrogens is 446 g/mol. The lowest BCUT2D eigenvalue weighted by Crippen LogP contribution is -2.26. The Morgan fingerprint density at radius 1 is 1.00 bits per heavy atom. The molecule has 1 atom stereocenters. The fraction of sp³-hybridized carbons (Fsp3) is 0.130. The number of carbonyl (C=O) groups is 2. The molecule has 0 saturated carbocycles. The van der Waals surface area contributed by atoms with E-state index in [1.54, 1.807) is 48.5 Å². The first-order valence-corrected chi connectivity index (χ1v) is 12.2. The highest BCUT2D eigenvalue weighted by Gasteiger charge is 2.24. The van der Waals surface area contributed by atoms with Crippen LogP contribution in [0.5, 0.6) is 0 Å². The molecule has 0 radical (unpaired) electrons. The number of rotatable bonds is 5. The fourth-order valence-corrected chi connectivity index (χ4v) is 5.24. The molecule has 1 heterocycles. The lowest BCUT2D eigenvalue weighted by molar-refractivity contribution is -0.115. The average Bonchev–Trinajstić information content (AvgIpc) is 2.74. The Balaban J connectivity index is 1.52. The molecule has 0 bridgehead atoms. The number of carbonyl (C=O) groups excluding carboxylic acids is 2.